The monoisotopic (exact) mass is 288 g/mol. The average Bonchev–Trinajstić information content (AvgIpc) is 2.19. The van der Waals surface area contributed by atoms with Crippen LogP contribution in [0, 0.1) is 0 Å². The molecule has 1 aromatic rings. The number of hydrogen-bond acceptors (Lipinski definition) is 5. The van der Waals surface area contributed by atoms with Crippen molar-refractivity contribution in [3.05, 3.63) is 29.3 Å². The largest absolute Gasteiger partial charge is 1.00 e. The predicted octanol–water partition coefficient (Wildman–Crippen LogP) is -1.41. The molecule has 0 bridgehead atoms. The number of rotatable bonds is 5. The summed E-state index contributed by atoms with van der Waals surface area (Å²) in [5.41, 5.74) is 0. The van der Waals surface area contributed by atoms with E-state index in [4.69, 9.17) is 16.7 Å². The molecule has 0 saturated heterocycles. The van der Waals surface area contributed by atoms with Crippen molar-refractivity contribution >= 4 is 19.4 Å². The van der Waals surface area contributed by atoms with Crippen molar-refractivity contribution in [3.63, 3.8) is 0 Å². The van der Waals surface area contributed by atoms with Gasteiger partial charge in [-0.2, -0.15) is 0 Å². The van der Waals surface area contributed by atoms with Crippen LogP contribution in [-0.4, -0.2) is 17.8 Å². The zero-order valence-electron chi connectivity index (χ0n) is 9.50. The van der Waals surface area contributed by atoms with Gasteiger partial charge in [-0.3, -0.25) is 4.57 Å². The zero-order chi connectivity index (χ0) is 12.2. The number of hydrogen-bond donors (Lipinski definition) is 1. The van der Waals surface area contributed by atoms with Crippen molar-refractivity contribution < 1.29 is 53.2 Å². The summed E-state index contributed by atoms with van der Waals surface area (Å²) in [6.45, 7) is 1.07. The van der Waals surface area contributed by atoms with E-state index in [-0.39, 0.29) is 41.9 Å². The Kier molecular flexibility index (Phi) is 7.96. The van der Waals surface area contributed by atoms with Gasteiger partial charge >= 0.3 is 37.4 Å². The molecule has 0 amide bonds. The Morgan fingerprint density at radius 2 is 2.00 bits per heavy atom. The van der Waals surface area contributed by atoms with Crippen LogP contribution < -0.4 is 39.0 Å². The number of halogens is 1. The molecule has 0 aliphatic rings. The Morgan fingerprint density at radius 1 is 1.47 bits per heavy atom. The Labute approximate surface area is 127 Å². The summed E-state index contributed by atoms with van der Waals surface area (Å²) in [6, 6.07) is 5.79. The quantitative estimate of drug-likeness (QED) is 0.532. The van der Waals surface area contributed by atoms with Gasteiger partial charge in [-0.15, -0.1) is 0 Å². The molecule has 1 N–H and O–H groups in total. The standard InChI is InChI=1S/C9H12ClO5P.Na/c1-7(11)6-14-16(12,13)15-9-4-2-8(10)3-5-9;/h2-5,7,11H,6H2,1H3,(H,12,13);/q;+1/p-1. The molecule has 0 aromatic heterocycles. The molecule has 90 valence electrons. The number of phosphoric acid groups is 1. The van der Waals surface area contributed by atoms with Gasteiger partial charge in [0, 0.05) is 5.02 Å². The van der Waals surface area contributed by atoms with E-state index in [9.17, 15) is 9.46 Å². The van der Waals surface area contributed by atoms with Crippen molar-refractivity contribution in [2.24, 2.45) is 0 Å². The molecule has 2 atom stereocenters. The molecule has 0 heterocycles. The smallest absolute Gasteiger partial charge is 0.746 e. The van der Waals surface area contributed by atoms with Crippen molar-refractivity contribution in [1.29, 1.82) is 0 Å². The van der Waals surface area contributed by atoms with Crippen molar-refractivity contribution in [2.75, 3.05) is 6.61 Å². The van der Waals surface area contributed by atoms with E-state index in [2.05, 4.69) is 9.05 Å². The Morgan fingerprint density at radius 3 is 2.47 bits per heavy atom. The van der Waals surface area contributed by atoms with Gasteiger partial charge in [0.1, 0.15) is 5.75 Å². The first kappa shape index (κ1) is 17.4. The van der Waals surface area contributed by atoms with Crippen LogP contribution in [0.2, 0.25) is 5.02 Å². The Hall–Kier alpha value is 0.420. The van der Waals surface area contributed by atoms with Crippen LogP contribution in [0.5, 0.6) is 5.75 Å². The SMILES string of the molecule is CC(O)COP(=O)([O-])Oc1ccc(Cl)cc1.[Na+]. The molecule has 1 rings (SSSR count). The van der Waals surface area contributed by atoms with Crippen molar-refractivity contribution in [1.82, 2.24) is 0 Å². The Bertz CT molecular complexity index is 383. The van der Waals surface area contributed by atoms with Gasteiger partial charge in [0.15, 0.2) is 0 Å². The van der Waals surface area contributed by atoms with Crippen LogP contribution in [0.3, 0.4) is 0 Å². The third-order valence-corrected chi connectivity index (χ3v) is 2.66. The van der Waals surface area contributed by atoms with Crippen LogP contribution in [0.4, 0.5) is 0 Å². The number of benzene rings is 1. The summed E-state index contributed by atoms with van der Waals surface area (Å²) in [7, 11) is -4.44. The summed E-state index contributed by atoms with van der Waals surface area (Å²) in [5, 5.41) is 9.33. The fourth-order valence-electron chi connectivity index (χ4n) is 0.850. The van der Waals surface area contributed by atoms with Crippen LogP contribution in [-0.2, 0) is 9.09 Å². The number of phosphoric ester groups is 1. The van der Waals surface area contributed by atoms with E-state index in [1.807, 2.05) is 0 Å². The van der Waals surface area contributed by atoms with Gasteiger partial charge < -0.3 is 19.0 Å². The van der Waals surface area contributed by atoms with E-state index in [1.165, 1.54) is 31.2 Å². The second-order valence-electron chi connectivity index (χ2n) is 3.14. The molecule has 0 radical (unpaired) electrons. The molecular weight excluding hydrogens is 278 g/mol. The minimum Gasteiger partial charge on any atom is -0.746 e. The van der Waals surface area contributed by atoms with Gasteiger partial charge in [0.2, 0.25) is 0 Å². The first-order valence-electron chi connectivity index (χ1n) is 4.48. The zero-order valence-corrected chi connectivity index (χ0v) is 13.1. The Balaban J connectivity index is 0.00000256. The normalized spacial score (nSPS) is 15.5. The van der Waals surface area contributed by atoms with E-state index < -0.39 is 13.9 Å². The fourth-order valence-corrected chi connectivity index (χ4v) is 1.81. The molecule has 2 unspecified atom stereocenters. The average molecular weight is 289 g/mol. The molecular formula is C9H11ClNaO5P. The molecule has 0 spiro atoms. The van der Waals surface area contributed by atoms with Crippen LogP contribution >= 0.6 is 19.4 Å². The minimum atomic E-state index is -4.44. The molecule has 1 aromatic carbocycles. The van der Waals surface area contributed by atoms with Crippen molar-refractivity contribution in [2.45, 2.75) is 13.0 Å². The second-order valence-corrected chi connectivity index (χ2v) is 4.91. The maximum atomic E-state index is 11.2. The molecule has 0 aliphatic carbocycles. The molecule has 0 aliphatic heterocycles. The van der Waals surface area contributed by atoms with Gasteiger partial charge in [-0.25, -0.2) is 0 Å². The van der Waals surface area contributed by atoms with Crippen LogP contribution in [0.15, 0.2) is 24.3 Å². The summed E-state index contributed by atoms with van der Waals surface area (Å²) in [4.78, 5) is 11.2. The molecule has 0 fully saturated rings. The minimum absolute atomic E-state index is 0. The number of aliphatic hydroxyl groups is 1. The van der Waals surface area contributed by atoms with Gasteiger partial charge in [0.25, 0.3) is 0 Å². The molecule has 0 saturated carbocycles. The van der Waals surface area contributed by atoms with Crippen LogP contribution in [0.25, 0.3) is 0 Å². The summed E-state index contributed by atoms with van der Waals surface area (Å²) >= 11 is 5.62. The van der Waals surface area contributed by atoms with Gasteiger partial charge in [-0.1, -0.05) is 11.6 Å². The van der Waals surface area contributed by atoms with Gasteiger partial charge in [0.05, 0.1) is 12.7 Å². The van der Waals surface area contributed by atoms with E-state index >= 15 is 0 Å². The first-order valence-corrected chi connectivity index (χ1v) is 6.32. The maximum Gasteiger partial charge on any atom is 1.00 e. The van der Waals surface area contributed by atoms with Crippen LogP contribution in [0.1, 0.15) is 6.92 Å². The van der Waals surface area contributed by atoms with E-state index in [0.717, 1.165) is 0 Å². The van der Waals surface area contributed by atoms with E-state index in [1.54, 1.807) is 0 Å². The first-order chi connectivity index (χ1) is 7.39. The molecule has 5 nitrogen and oxygen atoms in total. The topological polar surface area (TPSA) is 78.8 Å². The maximum absolute atomic E-state index is 11.2. The predicted molar refractivity (Wildman–Crippen MR) is 57.3 cm³/mol. The third kappa shape index (κ3) is 7.44. The third-order valence-electron chi connectivity index (χ3n) is 1.50. The summed E-state index contributed by atoms with van der Waals surface area (Å²) < 4.78 is 20.3. The van der Waals surface area contributed by atoms with Crippen molar-refractivity contribution in [3.8, 4) is 5.75 Å². The summed E-state index contributed by atoms with van der Waals surface area (Å²) in [6.07, 6.45) is -0.879. The molecule has 8 heteroatoms. The fraction of sp³-hybridized carbons (Fsp3) is 0.333. The van der Waals surface area contributed by atoms with Gasteiger partial charge in [-0.05, 0) is 31.2 Å². The number of aliphatic hydroxyl groups excluding tert-OH is 1. The molecule has 17 heavy (non-hydrogen) atoms. The van der Waals surface area contributed by atoms with E-state index in [0.29, 0.717) is 5.02 Å². The summed E-state index contributed by atoms with van der Waals surface area (Å²) in [5.74, 6) is 0.105. The second kappa shape index (κ2) is 7.77.